The van der Waals surface area contributed by atoms with Crippen molar-refractivity contribution in [2.75, 3.05) is 6.61 Å². The molecule has 2 aromatic carbocycles. The van der Waals surface area contributed by atoms with Crippen LogP contribution in [0.4, 0.5) is 0 Å². The lowest BCUT2D eigenvalue weighted by molar-refractivity contribution is 0.370. The second-order valence-electron chi connectivity index (χ2n) is 8.89. The van der Waals surface area contributed by atoms with Crippen LogP contribution in [0.3, 0.4) is 0 Å². The smallest absolute Gasteiger partial charge is 0.126 e. The Labute approximate surface area is 170 Å². The molecule has 0 spiro atoms. The van der Waals surface area contributed by atoms with E-state index in [1.165, 1.54) is 35.2 Å². The van der Waals surface area contributed by atoms with Crippen molar-refractivity contribution in [2.45, 2.75) is 44.8 Å². The average molecular weight is 389 g/mol. The van der Waals surface area contributed by atoms with E-state index in [0.717, 1.165) is 17.6 Å². The van der Waals surface area contributed by atoms with Crippen LogP contribution in [0.15, 0.2) is 72.9 Å². The highest BCUT2D eigenvalue weighted by Crippen LogP contribution is 2.54. The summed E-state index contributed by atoms with van der Waals surface area (Å²) in [6.07, 6.45) is 12.8. The van der Waals surface area contributed by atoms with E-state index in [0.29, 0.717) is 12.1 Å². The van der Waals surface area contributed by atoms with Crippen LogP contribution in [-0.4, -0.2) is 14.7 Å². The van der Waals surface area contributed by atoms with E-state index >= 15 is 0 Å². The summed E-state index contributed by atoms with van der Waals surface area (Å²) < 4.78 is 6.33. The van der Waals surface area contributed by atoms with Gasteiger partial charge in [0, 0.05) is 5.39 Å². The molecule has 0 saturated heterocycles. The van der Waals surface area contributed by atoms with Gasteiger partial charge in [-0.25, -0.2) is 0 Å². The molecule has 1 fully saturated rings. The van der Waals surface area contributed by atoms with Gasteiger partial charge in [0.1, 0.15) is 12.4 Å². The summed E-state index contributed by atoms with van der Waals surface area (Å²) in [5, 5.41) is 3.96. The molecule has 0 radical (unpaired) electrons. The van der Waals surface area contributed by atoms with Gasteiger partial charge in [0.25, 0.3) is 0 Å². The predicted molar refractivity (Wildman–Crippen MR) is 124 cm³/mol. The number of rotatable bonds is 6. The molecule has 0 aliphatic heterocycles. The number of allylic oxidation sites excluding steroid dienone is 4. The third-order valence-corrected chi connectivity index (χ3v) is 11.1. The maximum absolute atomic E-state index is 6.33. The van der Waals surface area contributed by atoms with Gasteiger partial charge in [-0.3, -0.25) is 0 Å². The molecular weight excluding hydrogens is 356 g/mol. The van der Waals surface area contributed by atoms with Crippen molar-refractivity contribution in [3.63, 3.8) is 0 Å². The molecule has 2 aliphatic rings. The number of hydrogen-bond acceptors (Lipinski definition) is 1. The lowest BCUT2D eigenvalue weighted by Crippen LogP contribution is -2.48. The van der Waals surface area contributed by atoms with Crippen molar-refractivity contribution in [1.82, 2.24) is 0 Å². The first-order chi connectivity index (χ1) is 13.6. The summed E-state index contributed by atoms with van der Waals surface area (Å²) in [6.45, 7) is 11.9. The minimum Gasteiger partial charge on any atom is -0.489 e. The van der Waals surface area contributed by atoms with Gasteiger partial charge in [-0.05, 0) is 40.8 Å². The van der Waals surface area contributed by atoms with Crippen LogP contribution in [0.25, 0.3) is 10.8 Å². The van der Waals surface area contributed by atoms with E-state index in [9.17, 15) is 0 Å². The number of benzene rings is 2. The molecule has 146 valence electrons. The topological polar surface area (TPSA) is 9.23 Å². The van der Waals surface area contributed by atoms with Crippen LogP contribution in [0, 0.1) is 11.8 Å². The number of hydrogen-bond donors (Lipinski definition) is 0. The largest absolute Gasteiger partial charge is 0.489 e. The van der Waals surface area contributed by atoms with Crippen molar-refractivity contribution < 1.29 is 4.74 Å². The second-order valence-corrected chi connectivity index (χ2v) is 13.5. The third kappa shape index (κ3) is 3.18. The summed E-state index contributed by atoms with van der Waals surface area (Å²) >= 11 is 0. The molecule has 0 bridgehead atoms. The summed E-state index contributed by atoms with van der Waals surface area (Å²) in [4.78, 5) is 0. The fraction of sp³-hybridized carbons (Fsp3) is 0.385. The highest BCUT2D eigenvalue weighted by molar-refractivity contribution is 6.92. The van der Waals surface area contributed by atoms with Crippen LogP contribution in [0.5, 0.6) is 5.75 Å². The molecule has 0 N–H and O–H groups in total. The van der Waals surface area contributed by atoms with Crippen LogP contribution >= 0.6 is 0 Å². The fourth-order valence-corrected chi connectivity index (χ4v) is 10.0. The van der Waals surface area contributed by atoms with Gasteiger partial charge in [0.05, 0.1) is 8.07 Å². The fourth-order valence-electron chi connectivity index (χ4n) is 5.68. The second kappa shape index (κ2) is 7.75. The van der Waals surface area contributed by atoms with Crippen molar-refractivity contribution in [3.8, 4) is 5.75 Å². The Morgan fingerprint density at radius 2 is 2.00 bits per heavy atom. The molecule has 3 atom stereocenters. The zero-order valence-corrected chi connectivity index (χ0v) is 18.4. The molecular formula is C26H32OSi. The normalized spacial score (nSPS) is 24.1. The Bertz CT molecular complexity index is 937. The summed E-state index contributed by atoms with van der Waals surface area (Å²) in [6, 6.07) is 13.3. The molecule has 1 nitrogen and oxygen atoms in total. The van der Waals surface area contributed by atoms with Crippen molar-refractivity contribution in [2.24, 2.45) is 11.8 Å². The van der Waals surface area contributed by atoms with Gasteiger partial charge in [-0.2, -0.15) is 0 Å². The van der Waals surface area contributed by atoms with E-state index in [2.05, 4.69) is 81.2 Å². The Hall–Kier alpha value is -2.06. The standard InChI is InChI=1S/C26H32OSi/c1-5-17-27-25-22-13-9-7-11-20(22)15-16-24(25)28(3,4)26-19(6-2)18-21-12-8-10-14-23(21)26/h5,7-11,13-16,19,21,26H,1,6,12,17-18H2,2-4H3. The first-order valence-electron chi connectivity index (χ1n) is 10.7. The van der Waals surface area contributed by atoms with Crippen LogP contribution in [0.1, 0.15) is 26.2 Å². The summed E-state index contributed by atoms with van der Waals surface area (Å²) in [5.74, 6) is 2.64. The molecule has 0 heterocycles. The van der Waals surface area contributed by atoms with E-state index in [4.69, 9.17) is 4.74 Å². The molecule has 28 heavy (non-hydrogen) atoms. The summed E-state index contributed by atoms with van der Waals surface area (Å²) in [5.41, 5.74) is 2.41. The first kappa shape index (κ1) is 19.3. The Morgan fingerprint density at radius 3 is 2.79 bits per heavy atom. The zero-order valence-electron chi connectivity index (χ0n) is 17.4. The maximum Gasteiger partial charge on any atom is 0.126 e. The number of ether oxygens (including phenoxy) is 1. The SMILES string of the molecule is C=CCOc1c([Si](C)(C)C2C3=CC=CCC3CC2CC)ccc2ccccc12. The molecule has 4 rings (SSSR count). The molecule has 2 heteroatoms. The average Bonchev–Trinajstić information content (AvgIpc) is 3.11. The lowest BCUT2D eigenvalue weighted by Gasteiger charge is -2.37. The van der Waals surface area contributed by atoms with Gasteiger partial charge in [-0.15, -0.1) is 0 Å². The summed E-state index contributed by atoms with van der Waals surface area (Å²) in [7, 11) is -1.81. The van der Waals surface area contributed by atoms with Crippen LogP contribution < -0.4 is 9.92 Å². The van der Waals surface area contributed by atoms with Crippen LogP contribution in [-0.2, 0) is 0 Å². The number of fused-ring (bicyclic) bond motifs is 2. The first-order valence-corrected chi connectivity index (χ1v) is 13.8. The maximum atomic E-state index is 6.33. The monoisotopic (exact) mass is 388 g/mol. The van der Waals surface area contributed by atoms with Crippen LogP contribution in [0.2, 0.25) is 18.6 Å². The van der Waals surface area contributed by atoms with Gasteiger partial charge < -0.3 is 4.74 Å². The van der Waals surface area contributed by atoms with Crippen molar-refractivity contribution in [1.29, 1.82) is 0 Å². The quantitative estimate of drug-likeness (QED) is 0.399. The minimum absolute atomic E-state index is 0.557. The molecule has 0 amide bonds. The molecule has 3 unspecified atom stereocenters. The van der Waals surface area contributed by atoms with E-state index < -0.39 is 8.07 Å². The van der Waals surface area contributed by atoms with Crippen molar-refractivity contribution >= 4 is 24.0 Å². The van der Waals surface area contributed by atoms with Gasteiger partial charge in [0.2, 0.25) is 0 Å². The van der Waals surface area contributed by atoms with E-state index in [-0.39, 0.29) is 0 Å². The Balaban J connectivity index is 1.86. The zero-order chi connectivity index (χ0) is 19.7. The predicted octanol–water partition coefficient (Wildman–Crippen LogP) is 6.62. The van der Waals surface area contributed by atoms with E-state index in [1.807, 2.05) is 6.08 Å². The molecule has 0 aromatic heterocycles. The van der Waals surface area contributed by atoms with Gasteiger partial charge >= 0.3 is 0 Å². The van der Waals surface area contributed by atoms with Gasteiger partial charge in [-0.1, -0.05) is 99.3 Å². The third-order valence-electron chi connectivity index (χ3n) is 6.96. The highest BCUT2D eigenvalue weighted by Gasteiger charge is 2.48. The lowest BCUT2D eigenvalue weighted by atomic mass is 9.94. The Morgan fingerprint density at radius 1 is 1.18 bits per heavy atom. The molecule has 2 aliphatic carbocycles. The minimum atomic E-state index is -1.81. The molecule has 2 aromatic rings. The van der Waals surface area contributed by atoms with E-state index in [1.54, 1.807) is 5.57 Å². The van der Waals surface area contributed by atoms with Crippen molar-refractivity contribution in [3.05, 3.63) is 72.9 Å². The molecule has 1 saturated carbocycles. The highest BCUT2D eigenvalue weighted by atomic mass is 28.3. The van der Waals surface area contributed by atoms with Gasteiger partial charge in [0.15, 0.2) is 0 Å². The Kier molecular flexibility index (Phi) is 5.33.